The second kappa shape index (κ2) is 6.90. The van der Waals surface area contributed by atoms with Crippen LogP contribution in [-0.2, 0) is 4.79 Å². The third-order valence-electron chi connectivity index (χ3n) is 3.63. The number of carbonyl (C=O) groups excluding carboxylic acids is 2. The summed E-state index contributed by atoms with van der Waals surface area (Å²) in [6.45, 7) is 1.79. The molecule has 0 saturated carbocycles. The number of nitrogens with one attached hydrogen (secondary N) is 1. The van der Waals surface area contributed by atoms with Crippen LogP contribution in [0.4, 0.5) is 10.1 Å². The highest BCUT2D eigenvalue weighted by atomic mass is 32.2. The van der Waals surface area contributed by atoms with E-state index in [4.69, 9.17) is 5.73 Å². The molecule has 2 aromatic rings. The number of halogens is 1. The number of allylic oxidation sites excluding steroid dienone is 1. The topological polar surface area (TPSA) is 84.5 Å². The Kier molecular flexibility index (Phi) is 4.67. The number of carbonyl (C=O) groups is 2. The van der Waals surface area contributed by atoms with E-state index in [0.717, 1.165) is 22.9 Å². The standard InChI is InChI=1S/C18H14FN3O2S/c1-10(11-6-8-12(19)9-7-11)15-17(24)22-18(25-15)21-14-5-3-2-4-13(14)16(20)23/h2-9H,1H3,(H2,20,23)(H,21,22,24)/b15-10-. The van der Waals surface area contributed by atoms with Gasteiger partial charge in [-0.05, 0) is 54.1 Å². The second-order valence-corrected chi connectivity index (χ2v) is 6.31. The molecule has 7 heteroatoms. The van der Waals surface area contributed by atoms with Crippen molar-refractivity contribution >= 4 is 40.0 Å². The van der Waals surface area contributed by atoms with E-state index in [0.29, 0.717) is 15.8 Å². The lowest BCUT2D eigenvalue weighted by Gasteiger charge is -2.03. The van der Waals surface area contributed by atoms with Crippen molar-refractivity contribution in [3.05, 3.63) is 70.4 Å². The molecule has 126 valence electrons. The van der Waals surface area contributed by atoms with Crippen molar-refractivity contribution in [1.29, 1.82) is 0 Å². The molecule has 0 bridgehead atoms. The molecule has 0 unspecified atom stereocenters. The third-order valence-corrected chi connectivity index (χ3v) is 4.72. The van der Waals surface area contributed by atoms with E-state index in [1.165, 1.54) is 12.1 Å². The fraction of sp³-hybridized carbons (Fsp3) is 0.0556. The van der Waals surface area contributed by atoms with Gasteiger partial charge < -0.3 is 11.1 Å². The molecule has 1 fully saturated rings. The van der Waals surface area contributed by atoms with Gasteiger partial charge in [-0.1, -0.05) is 24.3 Å². The summed E-state index contributed by atoms with van der Waals surface area (Å²) >= 11 is 1.16. The molecule has 5 nitrogen and oxygen atoms in total. The maximum atomic E-state index is 13.1. The minimum Gasteiger partial charge on any atom is -0.366 e. The van der Waals surface area contributed by atoms with E-state index in [9.17, 15) is 14.0 Å². The molecule has 2 aromatic carbocycles. The van der Waals surface area contributed by atoms with Crippen LogP contribution in [-0.4, -0.2) is 17.0 Å². The number of rotatable bonds is 3. The van der Waals surface area contributed by atoms with Gasteiger partial charge in [-0.2, -0.15) is 0 Å². The number of amidine groups is 1. The number of thioether (sulfide) groups is 1. The van der Waals surface area contributed by atoms with E-state index in [1.54, 1.807) is 43.3 Å². The average Bonchev–Trinajstić information content (AvgIpc) is 2.95. The Morgan fingerprint density at radius 1 is 1.16 bits per heavy atom. The highest BCUT2D eigenvalue weighted by Crippen LogP contribution is 2.33. The zero-order valence-electron chi connectivity index (χ0n) is 13.2. The summed E-state index contributed by atoms with van der Waals surface area (Å²) in [5, 5.41) is 3.03. The lowest BCUT2D eigenvalue weighted by Crippen LogP contribution is -2.20. The molecule has 0 radical (unpaired) electrons. The Labute approximate surface area is 147 Å². The molecule has 2 amide bonds. The largest absolute Gasteiger partial charge is 0.366 e. The summed E-state index contributed by atoms with van der Waals surface area (Å²) in [7, 11) is 0. The summed E-state index contributed by atoms with van der Waals surface area (Å²) in [6.07, 6.45) is 0. The number of benzene rings is 2. The Morgan fingerprint density at radius 3 is 2.52 bits per heavy atom. The number of amides is 2. The van der Waals surface area contributed by atoms with Crippen LogP contribution < -0.4 is 11.1 Å². The van der Waals surface area contributed by atoms with Crippen molar-refractivity contribution < 1.29 is 14.0 Å². The van der Waals surface area contributed by atoms with Crippen molar-refractivity contribution in [1.82, 2.24) is 5.32 Å². The monoisotopic (exact) mass is 355 g/mol. The van der Waals surface area contributed by atoms with E-state index in [2.05, 4.69) is 10.3 Å². The smallest absolute Gasteiger partial charge is 0.264 e. The van der Waals surface area contributed by atoms with Crippen LogP contribution in [0.1, 0.15) is 22.8 Å². The molecule has 0 atom stereocenters. The molecule has 0 spiro atoms. The van der Waals surface area contributed by atoms with Crippen molar-refractivity contribution in [2.45, 2.75) is 6.92 Å². The summed E-state index contributed by atoms with van der Waals surface area (Å²) < 4.78 is 13.1. The predicted octanol–water partition coefficient (Wildman–Crippen LogP) is 3.21. The number of hydrogen-bond donors (Lipinski definition) is 2. The third kappa shape index (κ3) is 3.61. The van der Waals surface area contributed by atoms with Gasteiger partial charge >= 0.3 is 0 Å². The predicted molar refractivity (Wildman–Crippen MR) is 96.8 cm³/mol. The molecule has 3 N–H and O–H groups in total. The number of nitrogens with two attached hydrogens (primary N) is 1. The zero-order valence-corrected chi connectivity index (χ0v) is 14.1. The molecule has 0 aromatic heterocycles. The van der Waals surface area contributed by atoms with Crippen LogP contribution in [0.15, 0.2) is 58.4 Å². The average molecular weight is 355 g/mol. The number of primary amides is 1. The SMILES string of the molecule is C/C(=C1/SC(=Nc2ccccc2C(N)=O)NC1=O)c1ccc(F)cc1. The van der Waals surface area contributed by atoms with Crippen LogP contribution in [0.2, 0.25) is 0 Å². The van der Waals surface area contributed by atoms with Gasteiger partial charge in [0.25, 0.3) is 11.8 Å². The quantitative estimate of drug-likeness (QED) is 0.829. The van der Waals surface area contributed by atoms with Gasteiger partial charge in [0.2, 0.25) is 0 Å². The molecule has 1 aliphatic heterocycles. The lowest BCUT2D eigenvalue weighted by molar-refractivity contribution is -0.115. The van der Waals surface area contributed by atoms with Crippen molar-refractivity contribution in [3.8, 4) is 0 Å². The van der Waals surface area contributed by atoms with Gasteiger partial charge in [-0.15, -0.1) is 0 Å². The van der Waals surface area contributed by atoms with Gasteiger partial charge in [-0.25, -0.2) is 9.38 Å². The molecular formula is C18H14FN3O2S. The molecule has 1 heterocycles. The second-order valence-electron chi connectivity index (χ2n) is 5.32. The van der Waals surface area contributed by atoms with E-state index in [-0.39, 0.29) is 17.3 Å². The maximum absolute atomic E-state index is 13.1. The first-order valence-electron chi connectivity index (χ1n) is 7.39. The molecule has 25 heavy (non-hydrogen) atoms. The highest BCUT2D eigenvalue weighted by molar-refractivity contribution is 8.18. The van der Waals surface area contributed by atoms with Crippen molar-refractivity contribution in [3.63, 3.8) is 0 Å². The number of hydrogen-bond acceptors (Lipinski definition) is 4. The Hall–Kier alpha value is -2.93. The van der Waals surface area contributed by atoms with Crippen LogP contribution in [0, 0.1) is 5.82 Å². The minimum absolute atomic E-state index is 0.275. The summed E-state index contributed by atoms with van der Waals surface area (Å²) in [4.78, 5) is 28.5. The Balaban J connectivity index is 1.94. The fourth-order valence-electron chi connectivity index (χ4n) is 2.34. The number of aliphatic imine (C=N–C) groups is 1. The molecule has 0 aliphatic carbocycles. The van der Waals surface area contributed by atoms with E-state index < -0.39 is 5.91 Å². The molecule has 3 rings (SSSR count). The molecular weight excluding hydrogens is 341 g/mol. The first-order chi connectivity index (χ1) is 12.0. The van der Waals surface area contributed by atoms with Crippen LogP contribution in [0.25, 0.3) is 5.57 Å². The highest BCUT2D eigenvalue weighted by Gasteiger charge is 2.26. The molecule has 1 aliphatic rings. The zero-order chi connectivity index (χ0) is 18.0. The summed E-state index contributed by atoms with van der Waals surface area (Å²) in [5.41, 5.74) is 7.47. The first-order valence-corrected chi connectivity index (χ1v) is 8.21. The molecule has 1 saturated heterocycles. The van der Waals surface area contributed by atoms with Gasteiger partial charge in [0.1, 0.15) is 5.82 Å². The normalized spacial score (nSPS) is 17.5. The van der Waals surface area contributed by atoms with Gasteiger partial charge in [0.15, 0.2) is 5.17 Å². The minimum atomic E-state index is -0.590. The van der Waals surface area contributed by atoms with Crippen LogP contribution in [0.5, 0.6) is 0 Å². The van der Waals surface area contributed by atoms with Crippen molar-refractivity contribution in [2.24, 2.45) is 10.7 Å². The van der Waals surface area contributed by atoms with Crippen LogP contribution in [0.3, 0.4) is 0 Å². The summed E-state index contributed by atoms with van der Waals surface area (Å²) in [6, 6.07) is 12.6. The van der Waals surface area contributed by atoms with E-state index in [1.807, 2.05) is 0 Å². The first kappa shape index (κ1) is 16.9. The maximum Gasteiger partial charge on any atom is 0.264 e. The van der Waals surface area contributed by atoms with Gasteiger partial charge in [0.05, 0.1) is 16.2 Å². The van der Waals surface area contributed by atoms with Gasteiger partial charge in [-0.3, -0.25) is 9.59 Å². The Morgan fingerprint density at radius 2 is 1.84 bits per heavy atom. The van der Waals surface area contributed by atoms with Crippen molar-refractivity contribution in [2.75, 3.05) is 0 Å². The van der Waals surface area contributed by atoms with E-state index >= 15 is 0 Å². The Bertz CT molecular complexity index is 920. The number of nitrogens with zero attached hydrogens (tertiary/aromatic N) is 1. The lowest BCUT2D eigenvalue weighted by atomic mass is 10.1. The van der Waals surface area contributed by atoms with Gasteiger partial charge in [0, 0.05) is 0 Å². The van der Waals surface area contributed by atoms with Crippen LogP contribution >= 0.6 is 11.8 Å². The number of para-hydroxylation sites is 1. The summed E-state index contributed by atoms with van der Waals surface area (Å²) in [5.74, 6) is -1.22. The fourth-order valence-corrected chi connectivity index (χ4v) is 3.24.